The van der Waals surface area contributed by atoms with Gasteiger partial charge >= 0.3 is 0 Å². The Balaban J connectivity index is 1.68. The van der Waals surface area contributed by atoms with Gasteiger partial charge in [-0.15, -0.1) is 0 Å². The second kappa shape index (κ2) is 5.35. The van der Waals surface area contributed by atoms with Crippen LogP contribution in [0.1, 0.15) is 69.0 Å². The van der Waals surface area contributed by atoms with Gasteiger partial charge in [-0.1, -0.05) is 18.0 Å². The van der Waals surface area contributed by atoms with Crippen LogP contribution in [0.25, 0.3) is 0 Å². The van der Waals surface area contributed by atoms with Crippen molar-refractivity contribution in [2.75, 3.05) is 6.26 Å². The lowest BCUT2D eigenvalue weighted by molar-refractivity contribution is 0.306. The molecule has 0 spiro atoms. The standard InChI is InChI=1S/C14H23N3O3S/c1-21(18,19)11-6-4-10(5-7-11)12-16-13(17-20-12)14(15)8-2-3-9-14/h10-11H,2-9,15H2,1H3. The zero-order valence-electron chi connectivity index (χ0n) is 12.4. The second-order valence-corrected chi connectivity index (χ2v) is 8.95. The molecule has 1 aromatic heterocycles. The van der Waals surface area contributed by atoms with E-state index in [2.05, 4.69) is 10.1 Å². The van der Waals surface area contributed by atoms with Crippen LogP contribution in [0, 0.1) is 0 Å². The molecule has 2 aliphatic rings. The van der Waals surface area contributed by atoms with E-state index in [-0.39, 0.29) is 11.2 Å². The summed E-state index contributed by atoms with van der Waals surface area (Å²) in [6.07, 6.45) is 8.29. The highest BCUT2D eigenvalue weighted by Crippen LogP contribution is 2.38. The predicted octanol–water partition coefficient (Wildman–Crippen LogP) is 1.87. The van der Waals surface area contributed by atoms with E-state index in [0.717, 1.165) is 38.5 Å². The van der Waals surface area contributed by atoms with E-state index in [9.17, 15) is 8.42 Å². The van der Waals surface area contributed by atoms with E-state index in [4.69, 9.17) is 10.3 Å². The normalized spacial score (nSPS) is 29.6. The Morgan fingerprint density at radius 1 is 1.19 bits per heavy atom. The molecule has 2 fully saturated rings. The van der Waals surface area contributed by atoms with Crippen molar-refractivity contribution in [1.82, 2.24) is 10.1 Å². The van der Waals surface area contributed by atoms with E-state index in [0.29, 0.717) is 24.6 Å². The first-order chi connectivity index (χ1) is 9.88. The van der Waals surface area contributed by atoms with Crippen molar-refractivity contribution in [1.29, 1.82) is 0 Å². The summed E-state index contributed by atoms with van der Waals surface area (Å²) in [5.74, 6) is 1.43. The highest BCUT2D eigenvalue weighted by atomic mass is 32.2. The minimum atomic E-state index is -2.94. The maximum Gasteiger partial charge on any atom is 0.229 e. The zero-order chi connectivity index (χ0) is 15.1. The predicted molar refractivity (Wildman–Crippen MR) is 78.5 cm³/mol. The molecule has 3 rings (SSSR count). The summed E-state index contributed by atoms with van der Waals surface area (Å²) in [5.41, 5.74) is 5.91. The van der Waals surface area contributed by atoms with Crippen molar-refractivity contribution in [3.05, 3.63) is 11.7 Å². The molecule has 0 saturated heterocycles. The highest BCUT2D eigenvalue weighted by molar-refractivity contribution is 7.91. The molecule has 2 aliphatic carbocycles. The van der Waals surface area contributed by atoms with Gasteiger partial charge in [0.15, 0.2) is 5.82 Å². The van der Waals surface area contributed by atoms with E-state index in [1.54, 1.807) is 0 Å². The quantitative estimate of drug-likeness (QED) is 0.914. The molecule has 0 amide bonds. The van der Waals surface area contributed by atoms with Crippen LogP contribution in [0.3, 0.4) is 0 Å². The lowest BCUT2D eigenvalue weighted by Crippen LogP contribution is -2.34. The van der Waals surface area contributed by atoms with Crippen LogP contribution in [0.5, 0.6) is 0 Å². The summed E-state index contributed by atoms with van der Waals surface area (Å²) in [5, 5.41) is 3.87. The zero-order valence-corrected chi connectivity index (χ0v) is 13.2. The maximum absolute atomic E-state index is 11.6. The summed E-state index contributed by atoms with van der Waals surface area (Å²) in [6, 6.07) is 0. The molecular weight excluding hydrogens is 290 g/mol. The monoisotopic (exact) mass is 313 g/mol. The lowest BCUT2D eigenvalue weighted by Gasteiger charge is -2.25. The van der Waals surface area contributed by atoms with Gasteiger partial charge in [0.25, 0.3) is 0 Å². The van der Waals surface area contributed by atoms with E-state index < -0.39 is 15.4 Å². The van der Waals surface area contributed by atoms with Crippen molar-refractivity contribution in [3.8, 4) is 0 Å². The molecule has 0 radical (unpaired) electrons. The average molecular weight is 313 g/mol. The Hall–Kier alpha value is -0.950. The number of nitrogens with zero attached hydrogens (tertiary/aromatic N) is 2. The Morgan fingerprint density at radius 3 is 2.38 bits per heavy atom. The van der Waals surface area contributed by atoms with Crippen molar-refractivity contribution < 1.29 is 12.9 Å². The second-order valence-electron chi connectivity index (χ2n) is 6.62. The molecule has 1 heterocycles. The number of sulfone groups is 1. The van der Waals surface area contributed by atoms with Crippen LogP contribution in [-0.4, -0.2) is 30.1 Å². The number of hydrogen-bond donors (Lipinski definition) is 1. The molecule has 6 nitrogen and oxygen atoms in total. The Morgan fingerprint density at radius 2 is 1.81 bits per heavy atom. The molecule has 0 bridgehead atoms. The SMILES string of the molecule is CS(=O)(=O)C1CCC(c2nc(C3(N)CCCC3)no2)CC1. The van der Waals surface area contributed by atoms with Crippen LogP contribution < -0.4 is 5.73 Å². The first kappa shape index (κ1) is 15.0. The van der Waals surface area contributed by atoms with Crippen LogP contribution >= 0.6 is 0 Å². The molecular formula is C14H23N3O3S. The Bertz CT molecular complexity index is 597. The molecule has 2 saturated carbocycles. The van der Waals surface area contributed by atoms with Gasteiger partial charge in [0.2, 0.25) is 5.89 Å². The summed E-state index contributed by atoms with van der Waals surface area (Å²) in [7, 11) is -2.94. The first-order valence-electron chi connectivity index (χ1n) is 7.70. The third-order valence-corrected chi connectivity index (χ3v) is 6.69. The molecule has 0 aliphatic heterocycles. The Labute approximate surface area is 125 Å². The molecule has 21 heavy (non-hydrogen) atoms. The Kier molecular flexibility index (Phi) is 3.81. The van der Waals surface area contributed by atoms with Gasteiger partial charge in [0, 0.05) is 12.2 Å². The van der Waals surface area contributed by atoms with Crippen LogP contribution in [0.15, 0.2) is 4.52 Å². The minimum absolute atomic E-state index is 0.175. The molecule has 118 valence electrons. The van der Waals surface area contributed by atoms with E-state index in [1.807, 2.05) is 0 Å². The van der Waals surface area contributed by atoms with Gasteiger partial charge in [-0.05, 0) is 38.5 Å². The first-order valence-corrected chi connectivity index (χ1v) is 9.66. The largest absolute Gasteiger partial charge is 0.339 e. The van der Waals surface area contributed by atoms with Crippen LogP contribution in [-0.2, 0) is 15.4 Å². The fourth-order valence-electron chi connectivity index (χ4n) is 3.57. The number of rotatable bonds is 3. The minimum Gasteiger partial charge on any atom is -0.339 e. The van der Waals surface area contributed by atoms with E-state index >= 15 is 0 Å². The van der Waals surface area contributed by atoms with Gasteiger partial charge in [-0.25, -0.2) is 8.42 Å². The summed E-state index contributed by atoms with van der Waals surface area (Å²) < 4.78 is 28.6. The van der Waals surface area contributed by atoms with Gasteiger partial charge in [0.05, 0.1) is 10.8 Å². The fraction of sp³-hybridized carbons (Fsp3) is 0.857. The van der Waals surface area contributed by atoms with Gasteiger partial charge in [-0.3, -0.25) is 0 Å². The topological polar surface area (TPSA) is 99.1 Å². The maximum atomic E-state index is 11.6. The molecule has 0 unspecified atom stereocenters. The van der Waals surface area contributed by atoms with Gasteiger partial charge < -0.3 is 10.3 Å². The molecule has 2 N–H and O–H groups in total. The summed E-state index contributed by atoms with van der Waals surface area (Å²) >= 11 is 0. The third-order valence-electron chi connectivity index (χ3n) is 5.01. The van der Waals surface area contributed by atoms with Crippen molar-refractivity contribution in [2.24, 2.45) is 5.73 Å². The summed E-state index contributed by atoms with van der Waals surface area (Å²) in [4.78, 5) is 4.52. The molecule has 1 aromatic rings. The number of hydrogen-bond acceptors (Lipinski definition) is 6. The number of nitrogens with two attached hydrogens (primary N) is 1. The van der Waals surface area contributed by atoms with Crippen LogP contribution in [0.4, 0.5) is 0 Å². The lowest BCUT2D eigenvalue weighted by atomic mass is 9.89. The highest BCUT2D eigenvalue weighted by Gasteiger charge is 2.37. The third kappa shape index (κ3) is 2.99. The summed E-state index contributed by atoms with van der Waals surface area (Å²) in [6.45, 7) is 0. The van der Waals surface area contributed by atoms with Crippen LogP contribution in [0.2, 0.25) is 0 Å². The molecule has 0 atom stereocenters. The smallest absolute Gasteiger partial charge is 0.229 e. The molecule has 0 aromatic carbocycles. The molecule has 7 heteroatoms. The van der Waals surface area contributed by atoms with Gasteiger partial charge in [-0.2, -0.15) is 4.98 Å². The van der Waals surface area contributed by atoms with E-state index in [1.165, 1.54) is 6.26 Å². The van der Waals surface area contributed by atoms with Crippen molar-refractivity contribution in [3.63, 3.8) is 0 Å². The van der Waals surface area contributed by atoms with Gasteiger partial charge in [0.1, 0.15) is 9.84 Å². The number of aromatic nitrogens is 2. The fourth-order valence-corrected chi connectivity index (χ4v) is 4.70. The average Bonchev–Trinajstić information content (AvgIpc) is 3.07. The van der Waals surface area contributed by atoms with Crippen molar-refractivity contribution >= 4 is 9.84 Å². The van der Waals surface area contributed by atoms with Crippen molar-refractivity contribution in [2.45, 2.75) is 68.1 Å².